The largest absolute Gasteiger partial charge is 0.313 e. The first-order chi connectivity index (χ1) is 9.91. The highest BCUT2D eigenvalue weighted by atomic mass is 32.2. The number of nitrogens with zero attached hydrogens (tertiary/aromatic N) is 2. The van der Waals surface area contributed by atoms with Gasteiger partial charge in [-0.15, -0.1) is 0 Å². The predicted molar refractivity (Wildman–Crippen MR) is 84.5 cm³/mol. The summed E-state index contributed by atoms with van der Waals surface area (Å²) in [5.41, 5.74) is 2.43. The molecule has 6 heteroatoms. The van der Waals surface area contributed by atoms with Gasteiger partial charge in [-0.05, 0) is 56.3 Å². The molecule has 2 rings (SSSR count). The lowest BCUT2D eigenvalue weighted by atomic mass is 9.88. The third kappa shape index (κ3) is 4.25. The van der Waals surface area contributed by atoms with E-state index in [-0.39, 0.29) is 6.04 Å². The number of aryl methyl sites for hydroxylation is 1. The van der Waals surface area contributed by atoms with Crippen LogP contribution in [0.25, 0.3) is 0 Å². The van der Waals surface area contributed by atoms with E-state index < -0.39 is 10.0 Å². The SMILES string of the molecule is CNC(CC1CCCN(S(C)(=O)=O)C1)c1ccncc1C. The molecule has 0 aliphatic carbocycles. The zero-order chi connectivity index (χ0) is 15.5. The van der Waals surface area contributed by atoms with Crippen molar-refractivity contribution in [1.29, 1.82) is 0 Å². The number of hydrogen-bond donors (Lipinski definition) is 1. The fourth-order valence-corrected chi connectivity index (χ4v) is 4.07. The summed E-state index contributed by atoms with van der Waals surface area (Å²) in [5.74, 6) is 0.401. The second kappa shape index (κ2) is 6.85. The van der Waals surface area contributed by atoms with Crippen molar-refractivity contribution in [3.63, 3.8) is 0 Å². The minimum absolute atomic E-state index is 0.248. The van der Waals surface area contributed by atoms with Gasteiger partial charge in [-0.2, -0.15) is 0 Å². The molecule has 21 heavy (non-hydrogen) atoms. The lowest BCUT2D eigenvalue weighted by molar-refractivity contribution is 0.240. The van der Waals surface area contributed by atoms with Crippen molar-refractivity contribution in [1.82, 2.24) is 14.6 Å². The van der Waals surface area contributed by atoms with Crippen LogP contribution in [0.15, 0.2) is 18.5 Å². The maximum atomic E-state index is 11.7. The summed E-state index contributed by atoms with van der Waals surface area (Å²) in [7, 11) is -1.11. The van der Waals surface area contributed by atoms with Crippen LogP contribution in [0.3, 0.4) is 0 Å². The van der Waals surface area contributed by atoms with E-state index in [0.29, 0.717) is 19.0 Å². The molecule has 2 unspecified atom stereocenters. The number of rotatable bonds is 5. The first-order valence-electron chi connectivity index (χ1n) is 7.44. The molecular formula is C15H25N3O2S. The predicted octanol–water partition coefficient (Wildman–Crippen LogP) is 1.71. The molecule has 5 nitrogen and oxygen atoms in total. The summed E-state index contributed by atoms with van der Waals surface area (Å²) in [6.45, 7) is 3.37. The van der Waals surface area contributed by atoms with Crippen LogP contribution in [-0.4, -0.2) is 44.1 Å². The van der Waals surface area contributed by atoms with Gasteiger partial charge < -0.3 is 5.32 Å². The Labute approximate surface area is 127 Å². The van der Waals surface area contributed by atoms with Gasteiger partial charge >= 0.3 is 0 Å². The Bertz CT molecular complexity index is 574. The molecule has 1 aromatic rings. The van der Waals surface area contributed by atoms with Crippen LogP contribution in [-0.2, 0) is 10.0 Å². The molecule has 2 atom stereocenters. The molecule has 0 saturated carbocycles. The van der Waals surface area contributed by atoms with Crippen LogP contribution < -0.4 is 5.32 Å². The van der Waals surface area contributed by atoms with E-state index >= 15 is 0 Å². The molecule has 1 aromatic heterocycles. The summed E-state index contributed by atoms with van der Waals surface area (Å²) in [4.78, 5) is 4.14. The first-order valence-corrected chi connectivity index (χ1v) is 9.29. The molecule has 1 N–H and O–H groups in total. The fraction of sp³-hybridized carbons (Fsp3) is 0.667. The lowest BCUT2D eigenvalue weighted by Gasteiger charge is -2.33. The highest BCUT2D eigenvalue weighted by molar-refractivity contribution is 7.88. The molecule has 0 bridgehead atoms. The van der Waals surface area contributed by atoms with Crippen molar-refractivity contribution < 1.29 is 8.42 Å². The topological polar surface area (TPSA) is 62.3 Å². The van der Waals surface area contributed by atoms with Gasteiger partial charge in [0, 0.05) is 31.5 Å². The minimum atomic E-state index is -3.07. The smallest absolute Gasteiger partial charge is 0.211 e. The molecule has 0 aromatic carbocycles. The summed E-state index contributed by atoms with van der Waals surface area (Å²) in [5, 5.41) is 3.36. The van der Waals surface area contributed by atoms with E-state index in [9.17, 15) is 8.42 Å². The molecule has 118 valence electrons. The van der Waals surface area contributed by atoms with Crippen LogP contribution >= 0.6 is 0 Å². The molecular weight excluding hydrogens is 286 g/mol. The fourth-order valence-electron chi connectivity index (χ4n) is 3.13. The van der Waals surface area contributed by atoms with Gasteiger partial charge in [-0.25, -0.2) is 12.7 Å². The van der Waals surface area contributed by atoms with E-state index in [1.807, 2.05) is 25.5 Å². The Morgan fingerprint density at radius 3 is 2.90 bits per heavy atom. The highest BCUT2D eigenvalue weighted by Crippen LogP contribution is 2.29. The Kier molecular flexibility index (Phi) is 5.35. The van der Waals surface area contributed by atoms with Gasteiger partial charge in [0.2, 0.25) is 10.0 Å². The Balaban J connectivity index is 2.07. The van der Waals surface area contributed by atoms with Crippen LogP contribution in [0.1, 0.15) is 36.4 Å². The van der Waals surface area contributed by atoms with E-state index in [1.165, 1.54) is 17.4 Å². The average molecular weight is 311 g/mol. The Morgan fingerprint density at radius 1 is 1.52 bits per heavy atom. The standard InChI is InChI=1S/C15H25N3O2S/c1-12-10-17-7-6-14(12)15(16-2)9-13-5-4-8-18(11-13)21(3,19)20/h6-7,10,13,15-16H,4-5,8-9,11H2,1-3H3. The van der Waals surface area contributed by atoms with Crippen molar-refractivity contribution >= 4 is 10.0 Å². The number of nitrogens with one attached hydrogen (secondary N) is 1. The Morgan fingerprint density at radius 2 is 2.29 bits per heavy atom. The van der Waals surface area contributed by atoms with E-state index in [0.717, 1.165) is 19.3 Å². The van der Waals surface area contributed by atoms with Gasteiger partial charge in [0.05, 0.1) is 6.26 Å². The maximum absolute atomic E-state index is 11.7. The van der Waals surface area contributed by atoms with Gasteiger partial charge in [0.1, 0.15) is 0 Å². The first kappa shape index (κ1) is 16.4. The zero-order valence-electron chi connectivity index (χ0n) is 13.0. The van der Waals surface area contributed by atoms with Crippen LogP contribution in [0.5, 0.6) is 0 Å². The van der Waals surface area contributed by atoms with E-state index in [2.05, 4.69) is 17.2 Å². The van der Waals surface area contributed by atoms with E-state index in [4.69, 9.17) is 0 Å². The molecule has 0 amide bonds. The quantitative estimate of drug-likeness (QED) is 0.899. The minimum Gasteiger partial charge on any atom is -0.313 e. The molecule has 1 saturated heterocycles. The highest BCUT2D eigenvalue weighted by Gasteiger charge is 2.28. The number of sulfonamides is 1. The molecule has 2 heterocycles. The molecule has 0 radical (unpaired) electrons. The van der Waals surface area contributed by atoms with Crippen LogP contribution in [0, 0.1) is 12.8 Å². The zero-order valence-corrected chi connectivity index (χ0v) is 13.9. The average Bonchev–Trinajstić information content (AvgIpc) is 2.45. The second-order valence-electron chi connectivity index (χ2n) is 5.94. The van der Waals surface area contributed by atoms with Gasteiger partial charge in [0.15, 0.2) is 0 Å². The van der Waals surface area contributed by atoms with Crippen LogP contribution in [0.4, 0.5) is 0 Å². The summed E-state index contributed by atoms with van der Waals surface area (Å²) in [6, 6.07) is 2.30. The summed E-state index contributed by atoms with van der Waals surface area (Å²) >= 11 is 0. The number of hydrogen-bond acceptors (Lipinski definition) is 4. The van der Waals surface area contributed by atoms with Gasteiger partial charge in [0.25, 0.3) is 0 Å². The number of piperidine rings is 1. The van der Waals surface area contributed by atoms with Crippen molar-refractivity contribution in [2.45, 2.75) is 32.2 Å². The summed E-state index contributed by atoms with van der Waals surface area (Å²) in [6.07, 6.45) is 7.99. The Hall–Kier alpha value is -0.980. The number of aromatic nitrogens is 1. The third-order valence-electron chi connectivity index (χ3n) is 4.31. The van der Waals surface area contributed by atoms with Crippen LogP contribution in [0.2, 0.25) is 0 Å². The summed E-state index contributed by atoms with van der Waals surface area (Å²) < 4.78 is 25.0. The maximum Gasteiger partial charge on any atom is 0.211 e. The van der Waals surface area contributed by atoms with Crippen molar-refractivity contribution in [2.75, 3.05) is 26.4 Å². The molecule has 1 aliphatic rings. The molecule has 1 fully saturated rings. The second-order valence-corrected chi connectivity index (χ2v) is 7.92. The molecule has 0 spiro atoms. The molecule has 1 aliphatic heterocycles. The lowest BCUT2D eigenvalue weighted by Crippen LogP contribution is -2.40. The monoisotopic (exact) mass is 311 g/mol. The third-order valence-corrected chi connectivity index (χ3v) is 5.58. The van der Waals surface area contributed by atoms with Crippen molar-refractivity contribution in [2.24, 2.45) is 5.92 Å². The van der Waals surface area contributed by atoms with Gasteiger partial charge in [-0.1, -0.05) is 0 Å². The van der Waals surface area contributed by atoms with E-state index in [1.54, 1.807) is 4.31 Å². The van der Waals surface area contributed by atoms with Crippen molar-refractivity contribution in [3.05, 3.63) is 29.6 Å². The van der Waals surface area contributed by atoms with Gasteiger partial charge in [-0.3, -0.25) is 4.98 Å². The number of pyridine rings is 1. The normalized spacial score (nSPS) is 22.1. The van der Waals surface area contributed by atoms with Crippen molar-refractivity contribution in [3.8, 4) is 0 Å².